The average molecular weight is 276 g/mol. The smallest absolute Gasteiger partial charge is 0.305 e. The molecule has 0 unspecified atom stereocenters. The van der Waals surface area contributed by atoms with Crippen LogP contribution < -0.4 is 10.6 Å². The third kappa shape index (κ3) is 3.59. The van der Waals surface area contributed by atoms with Crippen molar-refractivity contribution in [3.63, 3.8) is 0 Å². The fourth-order valence-corrected chi connectivity index (χ4v) is 1.81. The van der Waals surface area contributed by atoms with E-state index in [-0.39, 0.29) is 6.03 Å². The van der Waals surface area contributed by atoms with E-state index >= 15 is 0 Å². The molecule has 2 aromatic heterocycles. The van der Waals surface area contributed by atoms with Crippen molar-refractivity contribution < 1.29 is 4.79 Å². The Balaban J connectivity index is 1.96. The molecule has 20 heavy (non-hydrogen) atoms. The second-order valence-electron chi connectivity index (χ2n) is 4.96. The van der Waals surface area contributed by atoms with Gasteiger partial charge in [0, 0.05) is 25.4 Å². The van der Waals surface area contributed by atoms with Crippen LogP contribution >= 0.6 is 0 Å². The van der Waals surface area contributed by atoms with E-state index in [0.29, 0.717) is 17.4 Å². The molecule has 7 heteroatoms. The molecule has 0 saturated carbocycles. The summed E-state index contributed by atoms with van der Waals surface area (Å²) in [6.07, 6.45) is 5.08. The highest BCUT2D eigenvalue weighted by molar-refractivity contribution is 5.98. The number of amides is 2. The number of hydrogen-bond acceptors (Lipinski definition) is 3. The van der Waals surface area contributed by atoms with E-state index in [2.05, 4.69) is 34.7 Å². The van der Waals surface area contributed by atoms with Crippen LogP contribution in [0.3, 0.4) is 0 Å². The van der Waals surface area contributed by atoms with Gasteiger partial charge in [0.1, 0.15) is 5.82 Å². The number of nitrogens with one attached hydrogen (secondary N) is 2. The lowest BCUT2D eigenvalue weighted by Crippen LogP contribution is -2.22. The molecule has 0 bridgehead atoms. The molecule has 0 saturated heterocycles. The number of urea groups is 1. The monoisotopic (exact) mass is 276 g/mol. The SMILES string of the molecule is CCn1cc(NC(=O)Nc2ccnn2CC(C)C)cn1. The summed E-state index contributed by atoms with van der Waals surface area (Å²) in [5, 5.41) is 13.8. The fraction of sp³-hybridized carbons (Fsp3) is 0.462. The Morgan fingerprint density at radius 3 is 2.80 bits per heavy atom. The maximum absolute atomic E-state index is 11.9. The summed E-state index contributed by atoms with van der Waals surface area (Å²) < 4.78 is 3.53. The molecule has 0 aromatic carbocycles. The highest BCUT2D eigenvalue weighted by atomic mass is 16.2. The van der Waals surface area contributed by atoms with Gasteiger partial charge in [-0.05, 0) is 12.8 Å². The zero-order valence-electron chi connectivity index (χ0n) is 12.0. The molecule has 0 fully saturated rings. The molecule has 0 spiro atoms. The van der Waals surface area contributed by atoms with Crippen LogP contribution in [-0.2, 0) is 13.1 Å². The Labute approximate surface area is 118 Å². The minimum atomic E-state index is -0.300. The van der Waals surface area contributed by atoms with Gasteiger partial charge in [-0.1, -0.05) is 13.8 Å². The Morgan fingerprint density at radius 1 is 1.35 bits per heavy atom. The molecule has 108 valence electrons. The predicted octanol–water partition coefficient (Wildman–Crippen LogP) is 2.40. The van der Waals surface area contributed by atoms with Gasteiger partial charge in [-0.2, -0.15) is 10.2 Å². The number of aryl methyl sites for hydroxylation is 1. The van der Waals surface area contributed by atoms with Crippen LogP contribution in [0.1, 0.15) is 20.8 Å². The van der Waals surface area contributed by atoms with E-state index in [1.807, 2.05) is 6.92 Å². The number of carbonyl (C=O) groups excluding carboxylic acids is 1. The van der Waals surface area contributed by atoms with E-state index in [4.69, 9.17) is 0 Å². The van der Waals surface area contributed by atoms with E-state index in [1.165, 1.54) is 0 Å². The van der Waals surface area contributed by atoms with Crippen molar-refractivity contribution in [3.8, 4) is 0 Å². The normalized spacial score (nSPS) is 10.8. The lowest BCUT2D eigenvalue weighted by molar-refractivity contribution is 0.262. The average Bonchev–Trinajstić information content (AvgIpc) is 2.99. The molecule has 0 aliphatic heterocycles. The molecule has 2 N–H and O–H groups in total. The Morgan fingerprint density at radius 2 is 2.15 bits per heavy atom. The largest absolute Gasteiger partial charge is 0.324 e. The Bertz CT molecular complexity index is 571. The Kier molecular flexibility index (Phi) is 4.39. The van der Waals surface area contributed by atoms with Crippen LogP contribution in [0.25, 0.3) is 0 Å². The molecule has 2 heterocycles. The van der Waals surface area contributed by atoms with E-state index < -0.39 is 0 Å². The van der Waals surface area contributed by atoms with E-state index in [9.17, 15) is 4.79 Å². The van der Waals surface area contributed by atoms with E-state index in [0.717, 1.165) is 13.1 Å². The lowest BCUT2D eigenvalue weighted by Gasteiger charge is -2.11. The van der Waals surface area contributed by atoms with Gasteiger partial charge < -0.3 is 5.32 Å². The zero-order chi connectivity index (χ0) is 14.5. The first-order chi connectivity index (χ1) is 9.58. The quantitative estimate of drug-likeness (QED) is 0.880. The standard InChI is InChI=1S/C13H20N6O/c1-4-18-9-11(7-15-18)16-13(20)17-12-5-6-14-19(12)8-10(2)3/h5-7,9-10H,4,8H2,1-3H3,(H2,16,17,20). The number of aromatic nitrogens is 4. The van der Waals surface area contributed by atoms with Gasteiger partial charge in [-0.3, -0.25) is 10.00 Å². The minimum Gasteiger partial charge on any atom is -0.305 e. The van der Waals surface area contributed by atoms with Crippen LogP contribution in [0.15, 0.2) is 24.7 Å². The van der Waals surface area contributed by atoms with Gasteiger partial charge in [0.15, 0.2) is 0 Å². The molecule has 2 amide bonds. The van der Waals surface area contributed by atoms with Gasteiger partial charge in [0.25, 0.3) is 0 Å². The van der Waals surface area contributed by atoms with Crippen molar-refractivity contribution in [2.75, 3.05) is 10.6 Å². The lowest BCUT2D eigenvalue weighted by atomic mass is 10.2. The summed E-state index contributed by atoms with van der Waals surface area (Å²) in [6, 6.07) is 1.48. The summed E-state index contributed by atoms with van der Waals surface area (Å²) in [5.74, 6) is 1.14. The van der Waals surface area contributed by atoms with Crippen molar-refractivity contribution in [1.29, 1.82) is 0 Å². The van der Waals surface area contributed by atoms with E-state index in [1.54, 1.807) is 34.0 Å². The van der Waals surface area contributed by atoms with Gasteiger partial charge in [-0.25, -0.2) is 9.48 Å². The number of carbonyl (C=O) groups is 1. The van der Waals surface area contributed by atoms with Gasteiger partial charge in [0.05, 0.1) is 18.1 Å². The van der Waals surface area contributed by atoms with Gasteiger partial charge >= 0.3 is 6.03 Å². The number of anilines is 2. The summed E-state index contributed by atoms with van der Waals surface area (Å²) >= 11 is 0. The third-order valence-electron chi connectivity index (χ3n) is 2.71. The number of nitrogens with zero attached hydrogens (tertiary/aromatic N) is 4. The van der Waals surface area contributed by atoms with Crippen LogP contribution in [0.2, 0.25) is 0 Å². The number of rotatable bonds is 5. The molecule has 0 radical (unpaired) electrons. The molecular weight excluding hydrogens is 256 g/mol. The first-order valence-corrected chi connectivity index (χ1v) is 6.70. The number of hydrogen-bond donors (Lipinski definition) is 2. The molecule has 0 aliphatic carbocycles. The molecule has 0 atom stereocenters. The van der Waals surface area contributed by atoms with Crippen LogP contribution in [-0.4, -0.2) is 25.6 Å². The maximum Gasteiger partial charge on any atom is 0.324 e. The van der Waals surface area contributed by atoms with Crippen LogP contribution in [0, 0.1) is 5.92 Å². The molecule has 2 aromatic rings. The zero-order valence-corrected chi connectivity index (χ0v) is 12.0. The van der Waals surface area contributed by atoms with Crippen LogP contribution in [0.4, 0.5) is 16.3 Å². The van der Waals surface area contributed by atoms with Gasteiger partial charge in [0.2, 0.25) is 0 Å². The second kappa shape index (κ2) is 6.23. The minimum absolute atomic E-state index is 0.300. The predicted molar refractivity (Wildman–Crippen MR) is 77.6 cm³/mol. The maximum atomic E-state index is 11.9. The summed E-state index contributed by atoms with van der Waals surface area (Å²) in [5.41, 5.74) is 0.666. The summed E-state index contributed by atoms with van der Waals surface area (Å²) in [4.78, 5) is 11.9. The molecule has 7 nitrogen and oxygen atoms in total. The first kappa shape index (κ1) is 14.1. The van der Waals surface area contributed by atoms with Crippen molar-refractivity contribution in [1.82, 2.24) is 19.6 Å². The summed E-state index contributed by atoms with van der Waals surface area (Å²) in [7, 11) is 0. The first-order valence-electron chi connectivity index (χ1n) is 6.70. The second-order valence-corrected chi connectivity index (χ2v) is 4.96. The van der Waals surface area contributed by atoms with Crippen LogP contribution in [0.5, 0.6) is 0 Å². The molecule has 0 aliphatic rings. The Hall–Kier alpha value is -2.31. The third-order valence-corrected chi connectivity index (χ3v) is 2.71. The summed E-state index contributed by atoms with van der Waals surface area (Å²) in [6.45, 7) is 7.72. The highest BCUT2D eigenvalue weighted by Crippen LogP contribution is 2.11. The topological polar surface area (TPSA) is 76.8 Å². The molecule has 2 rings (SSSR count). The fourth-order valence-electron chi connectivity index (χ4n) is 1.81. The molecular formula is C13H20N6O. The highest BCUT2D eigenvalue weighted by Gasteiger charge is 2.09. The van der Waals surface area contributed by atoms with Crippen molar-refractivity contribution in [2.24, 2.45) is 5.92 Å². The van der Waals surface area contributed by atoms with Crippen molar-refractivity contribution in [3.05, 3.63) is 24.7 Å². The van der Waals surface area contributed by atoms with Gasteiger partial charge in [-0.15, -0.1) is 0 Å². The van der Waals surface area contributed by atoms with Crippen molar-refractivity contribution in [2.45, 2.75) is 33.9 Å². The van der Waals surface area contributed by atoms with Crippen molar-refractivity contribution >= 4 is 17.5 Å².